The Hall–Kier alpha value is -0.840. The predicted molar refractivity (Wildman–Crippen MR) is 69.9 cm³/mol. The first-order valence-corrected chi connectivity index (χ1v) is 6.13. The molecule has 1 unspecified atom stereocenters. The average molecular weight is 320 g/mol. The van der Waals surface area contributed by atoms with Crippen LogP contribution in [0.5, 0.6) is 0 Å². The number of rotatable bonds is 4. The molecule has 1 rings (SSSR count). The van der Waals surface area contributed by atoms with Crippen LogP contribution in [0.25, 0.3) is 0 Å². The highest BCUT2D eigenvalue weighted by Gasteiger charge is 2.19. The predicted octanol–water partition coefficient (Wildman–Crippen LogP) is 3.26. The molecule has 1 N–H and O–H groups in total. The molecule has 0 saturated heterocycles. The van der Waals surface area contributed by atoms with E-state index in [0.717, 1.165) is 0 Å². The van der Waals surface area contributed by atoms with Crippen LogP contribution in [0.2, 0.25) is 5.02 Å². The monoisotopic (exact) mass is 318 g/mol. The van der Waals surface area contributed by atoms with E-state index in [1.165, 1.54) is 0 Å². The number of esters is 1. The summed E-state index contributed by atoms with van der Waals surface area (Å²) in [6.45, 7) is 5.46. The van der Waals surface area contributed by atoms with Crippen LogP contribution in [0.4, 0.5) is 0 Å². The van der Waals surface area contributed by atoms with Gasteiger partial charge in [0, 0.05) is 4.47 Å². The zero-order valence-electron chi connectivity index (χ0n) is 9.24. The van der Waals surface area contributed by atoms with E-state index < -0.39 is 12.1 Å². The number of aliphatic hydroxyl groups excluding tert-OH is 1. The van der Waals surface area contributed by atoms with Crippen LogP contribution in [0, 0.1) is 0 Å². The molecule has 17 heavy (non-hydrogen) atoms. The van der Waals surface area contributed by atoms with Crippen LogP contribution in [0.15, 0.2) is 34.8 Å². The van der Waals surface area contributed by atoms with E-state index in [2.05, 4.69) is 22.5 Å². The second-order valence-corrected chi connectivity index (χ2v) is 4.58. The van der Waals surface area contributed by atoms with Crippen LogP contribution in [0.1, 0.15) is 18.6 Å². The minimum atomic E-state index is -1.09. The molecule has 0 bridgehead atoms. The number of hydrogen-bond acceptors (Lipinski definition) is 3. The highest BCUT2D eigenvalue weighted by atomic mass is 79.9. The van der Waals surface area contributed by atoms with Crippen molar-refractivity contribution in [1.82, 2.24) is 0 Å². The Morgan fingerprint density at radius 1 is 1.65 bits per heavy atom. The normalized spacial score (nSPS) is 12.0. The van der Waals surface area contributed by atoms with Gasteiger partial charge in [0.1, 0.15) is 6.10 Å². The lowest BCUT2D eigenvalue weighted by molar-refractivity contribution is -0.139. The molecule has 5 heteroatoms. The van der Waals surface area contributed by atoms with Crippen molar-refractivity contribution in [3.63, 3.8) is 0 Å². The number of carbonyl (C=O) groups is 1. The Kier molecular flexibility index (Phi) is 5.18. The Morgan fingerprint density at radius 3 is 2.82 bits per heavy atom. The summed E-state index contributed by atoms with van der Waals surface area (Å²) in [6, 6.07) is 4.89. The minimum absolute atomic E-state index is 0.000993. The van der Waals surface area contributed by atoms with Crippen molar-refractivity contribution in [2.45, 2.75) is 13.0 Å². The molecule has 92 valence electrons. The third-order valence-corrected chi connectivity index (χ3v) is 3.34. The van der Waals surface area contributed by atoms with E-state index in [1.54, 1.807) is 25.1 Å². The van der Waals surface area contributed by atoms with Gasteiger partial charge in [0.15, 0.2) is 0 Å². The summed E-state index contributed by atoms with van der Waals surface area (Å²) in [5.41, 5.74) is 0.528. The number of hydrogen-bond donors (Lipinski definition) is 1. The van der Waals surface area contributed by atoms with Gasteiger partial charge in [0.05, 0.1) is 17.2 Å². The fourth-order valence-corrected chi connectivity index (χ4v) is 1.73. The maximum Gasteiger partial charge on any atom is 0.336 e. The van der Waals surface area contributed by atoms with Crippen LogP contribution in [0.3, 0.4) is 0 Å². The van der Waals surface area contributed by atoms with E-state index >= 15 is 0 Å². The van der Waals surface area contributed by atoms with Crippen molar-refractivity contribution in [3.05, 3.63) is 45.4 Å². The fourth-order valence-electron chi connectivity index (χ4n) is 1.22. The molecule has 1 aromatic carbocycles. The Balaban J connectivity index is 2.88. The minimum Gasteiger partial charge on any atom is -0.463 e. The molecular formula is C12H12BrClO3. The third kappa shape index (κ3) is 3.56. The maximum atomic E-state index is 11.4. The van der Waals surface area contributed by atoms with Crippen LogP contribution < -0.4 is 0 Å². The Bertz CT molecular complexity index is 445. The van der Waals surface area contributed by atoms with Crippen molar-refractivity contribution in [3.8, 4) is 0 Å². The van der Waals surface area contributed by atoms with Crippen molar-refractivity contribution in [2.24, 2.45) is 0 Å². The van der Waals surface area contributed by atoms with Gasteiger partial charge in [0.25, 0.3) is 0 Å². The van der Waals surface area contributed by atoms with Gasteiger partial charge in [-0.3, -0.25) is 0 Å². The summed E-state index contributed by atoms with van der Waals surface area (Å²) in [7, 11) is 0. The van der Waals surface area contributed by atoms with Crippen molar-refractivity contribution in [2.75, 3.05) is 6.61 Å². The van der Waals surface area contributed by atoms with Gasteiger partial charge < -0.3 is 9.84 Å². The second kappa shape index (κ2) is 6.19. The SMILES string of the molecule is C=C(C(=O)OCC)C(O)c1ccc(Cl)c(Br)c1. The first-order chi connectivity index (χ1) is 7.97. The second-order valence-electron chi connectivity index (χ2n) is 3.32. The number of benzene rings is 1. The topological polar surface area (TPSA) is 46.5 Å². The van der Waals surface area contributed by atoms with Gasteiger partial charge in [0.2, 0.25) is 0 Å². The van der Waals surface area contributed by atoms with Crippen LogP contribution in [-0.2, 0) is 9.53 Å². The number of halogens is 2. The zero-order valence-corrected chi connectivity index (χ0v) is 11.6. The lowest BCUT2D eigenvalue weighted by Crippen LogP contribution is -2.13. The van der Waals surface area contributed by atoms with E-state index in [1.807, 2.05) is 0 Å². The first-order valence-electron chi connectivity index (χ1n) is 4.96. The molecule has 1 atom stereocenters. The Morgan fingerprint density at radius 2 is 2.29 bits per heavy atom. The van der Waals surface area contributed by atoms with E-state index in [9.17, 15) is 9.90 Å². The van der Waals surface area contributed by atoms with Gasteiger partial charge in [-0.15, -0.1) is 0 Å². The number of carbonyl (C=O) groups excluding carboxylic acids is 1. The van der Waals surface area contributed by atoms with E-state index in [0.29, 0.717) is 15.1 Å². The fraction of sp³-hybridized carbons (Fsp3) is 0.250. The molecule has 0 aliphatic heterocycles. The van der Waals surface area contributed by atoms with Crippen molar-refractivity contribution < 1.29 is 14.6 Å². The molecule has 0 aliphatic rings. The van der Waals surface area contributed by atoms with E-state index in [-0.39, 0.29) is 12.2 Å². The molecule has 0 heterocycles. The average Bonchev–Trinajstić information content (AvgIpc) is 2.31. The molecule has 0 amide bonds. The van der Waals surface area contributed by atoms with Gasteiger partial charge in [-0.1, -0.05) is 24.2 Å². The van der Waals surface area contributed by atoms with Crippen LogP contribution in [-0.4, -0.2) is 17.7 Å². The molecule has 0 fully saturated rings. The van der Waals surface area contributed by atoms with Gasteiger partial charge in [-0.25, -0.2) is 4.79 Å². The molecule has 3 nitrogen and oxygen atoms in total. The lowest BCUT2D eigenvalue weighted by Gasteiger charge is -2.13. The highest BCUT2D eigenvalue weighted by Crippen LogP contribution is 2.28. The quantitative estimate of drug-likeness (QED) is 0.684. The molecule has 0 aliphatic carbocycles. The molecule has 0 saturated carbocycles. The summed E-state index contributed by atoms with van der Waals surface area (Å²) in [5.74, 6) is -0.605. The highest BCUT2D eigenvalue weighted by molar-refractivity contribution is 9.10. The summed E-state index contributed by atoms with van der Waals surface area (Å²) in [5, 5.41) is 10.5. The van der Waals surface area contributed by atoms with Crippen molar-refractivity contribution in [1.29, 1.82) is 0 Å². The summed E-state index contributed by atoms with van der Waals surface area (Å²) in [6.07, 6.45) is -1.09. The number of aliphatic hydroxyl groups is 1. The summed E-state index contributed by atoms with van der Waals surface area (Å²) >= 11 is 9.08. The van der Waals surface area contributed by atoms with Crippen LogP contribution >= 0.6 is 27.5 Å². The third-order valence-electron chi connectivity index (χ3n) is 2.13. The standard InChI is InChI=1S/C12H12BrClO3/c1-3-17-12(16)7(2)11(15)8-4-5-10(14)9(13)6-8/h4-6,11,15H,2-3H2,1H3. The maximum absolute atomic E-state index is 11.4. The molecular weight excluding hydrogens is 307 g/mol. The van der Waals surface area contributed by atoms with E-state index in [4.69, 9.17) is 16.3 Å². The van der Waals surface area contributed by atoms with Gasteiger partial charge in [-0.05, 0) is 40.5 Å². The molecule has 1 aromatic rings. The number of ether oxygens (including phenoxy) is 1. The lowest BCUT2D eigenvalue weighted by atomic mass is 10.0. The summed E-state index contributed by atoms with van der Waals surface area (Å²) in [4.78, 5) is 11.4. The van der Waals surface area contributed by atoms with Gasteiger partial charge >= 0.3 is 5.97 Å². The van der Waals surface area contributed by atoms with Crippen molar-refractivity contribution >= 4 is 33.5 Å². The van der Waals surface area contributed by atoms with Gasteiger partial charge in [-0.2, -0.15) is 0 Å². The largest absolute Gasteiger partial charge is 0.463 e. The molecule has 0 spiro atoms. The molecule has 0 radical (unpaired) electrons. The summed E-state index contributed by atoms with van der Waals surface area (Å²) < 4.78 is 5.41. The molecule has 0 aromatic heterocycles. The Labute approximate surface area is 113 Å². The smallest absolute Gasteiger partial charge is 0.336 e. The zero-order chi connectivity index (χ0) is 13.0. The first kappa shape index (κ1) is 14.2.